The first-order valence-electron chi connectivity index (χ1n) is 11.8. The van der Waals surface area contributed by atoms with E-state index in [1.165, 1.54) is 31.5 Å². The Kier molecular flexibility index (Phi) is 7.32. The van der Waals surface area contributed by atoms with Crippen LogP contribution in [0.3, 0.4) is 0 Å². The maximum atomic E-state index is 12.3. The van der Waals surface area contributed by atoms with Crippen LogP contribution in [0.2, 0.25) is 0 Å². The highest BCUT2D eigenvalue weighted by atomic mass is 16.5. The molecule has 30 heavy (non-hydrogen) atoms. The second kappa shape index (κ2) is 10.3. The van der Waals surface area contributed by atoms with E-state index in [0.717, 1.165) is 63.5 Å². The van der Waals surface area contributed by atoms with Crippen molar-refractivity contribution in [2.75, 3.05) is 44.7 Å². The van der Waals surface area contributed by atoms with E-state index in [-0.39, 0.29) is 11.8 Å². The quantitative estimate of drug-likeness (QED) is 0.693. The lowest BCUT2D eigenvalue weighted by molar-refractivity contribution is -0.125. The van der Waals surface area contributed by atoms with Gasteiger partial charge in [0.1, 0.15) is 5.75 Å². The molecule has 1 aliphatic heterocycles. The third kappa shape index (κ3) is 5.37. The van der Waals surface area contributed by atoms with Crippen LogP contribution in [-0.2, 0) is 4.79 Å². The number of carbonyl (C=O) groups excluding carboxylic acids is 1. The molecule has 0 spiro atoms. The van der Waals surface area contributed by atoms with Gasteiger partial charge >= 0.3 is 0 Å². The van der Waals surface area contributed by atoms with Gasteiger partial charge in [-0.05, 0) is 69.5 Å². The van der Waals surface area contributed by atoms with E-state index >= 15 is 0 Å². The Hall–Kier alpha value is -2.01. The molecule has 4 rings (SSSR count). The molecule has 1 heterocycles. The molecule has 0 unspecified atom stereocenters. The Morgan fingerprint density at radius 1 is 1.03 bits per heavy atom. The number of allylic oxidation sites excluding steroid dienone is 2. The van der Waals surface area contributed by atoms with Crippen LogP contribution >= 0.6 is 0 Å². The summed E-state index contributed by atoms with van der Waals surface area (Å²) in [6, 6.07) is 8.73. The van der Waals surface area contributed by atoms with Gasteiger partial charge in [-0.2, -0.15) is 0 Å². The third-order valence-corrected chi connectivity index (χ3v) is 7.22. The summed E-state index contributed by atoms with van der Waals surface area (Å²) in [4.78, 5) is 17.4. The minimum absolute atomic E-state index is 0.192. The van der Waals surface area contributed by atoms with Crippen LogP contribution in [0.25, 0.3) is 0 Å². The molecule has 0 atom stereocenters. The lowest BCUT2D eigenvalue weighted by atomic mass is 9.83. The highest BCUT2D eigenvalue weighted by molar-refractivity contribution is 5.79. The van der Waals surface area contributed by atoms with Crippen LogP contribution in [0.4, 0.5) is 5.69 Å². The fourth-order valence-corrected chi connectivity index (χ4v) is 5.21. The molecule has 1 aromatic rings. The smallest absolute Gasteiger partial charge is 0.223 e. The second-order valence-electron chi connectivity index (χ2n) is 9.16. The molecule has 0 radical (unpaired) electrons. The Morgan fingerprint density at radius 3 is 2.43 bits per heavy atom. The van der Waals surface area contributed by atoms with E-state index in [1.807, 2.05) is 12.1 Å². The molecular weight excluding hydrogens is 374 g/mol. The zero-order chi connectivity index (χ0) is 20.8. The molecule has 164 valence electrons. The van der Waals surface area contributed by atoms with Gasteiger partial charge in [0.2, 0.25) is 5.91 Å². The van der Waals surface area contributed by atoms with Crippen molar-refractivity contribution in [1.29, 1.82) is 0 Å². The number of carbonyl (C=O) groups is 1. The van der Waals surface area contributed by atoms with Crippen molar-refractivity contribution >= 4 is 11.6 Å². The summed E-state index contributed by atoms with van der Waals surface area (Å²) in [6.45, 7) is 5.58. The molecule has 2 aliphatic carbocycles. The van der Waals surface area contributed by atoms with Crippen molar-refractivity contribution in [1.82, 2.24) is 10.2 Å². The SMILES string of the molecule is COc1ccccc1N1CCN(CCC2CCC(NC(=O)C3CC=CC3)CC2)CC1. The number of rotatable bonds is 7. The second-order valence-corrected chi connectivity index (χ2v) is 9.16. The van der Waals surface area contributed by atoms with Crippen molar-refractivity contribution < 1.29 is 9.53 Å². The van der Waals surface area contributed by atoms with Crippen LogP contribution in [0.15, 0.2) is 36.4 Å². The van der Waals surface area contributed by atoms with Crippen molar-refractivity contribution in [3.8, 4) is 5.75 Å². The Morgan fingerprint density at radius 2 is 1.73 bits per heavy atom. The van der Waals surface area contributed by atoms with E-state index < -0.39 is 0 Å². The third-order valence-electron chi connectivity index (χ3n) is 7.22. The van der Waals surface area contributed by atoms with Gasteiger partial charge in [0.15, 0.2) is 0 Å². The van der Waals surface area contributed by atoms with Crippen molar-refractivity contribution in [2.24, 2.45) is 11.8 Å². The summed E-state index contributed by atoms with van der Waals surface area (Å²) in [5, 5.41) is 3.31. The molecule has 0 bridgehead atoms. The lowest BCUT2D eigenvalue weighted by Crippen LogP contribution is -2.47. The fraction of sp³-hybridized carbons (Fsp3) is 0.640. The first-order chi connectivity index (χ1) is 14.7. The fourth-order valence-electron chi connectivity index (χ4n) is 5.21. The minimum atomic E-state index is 0.192. The van der Waals surface area contributed by atoms with E-state index in [2.05, 4.69) is 39.4 Å². The van der Waals surface area contributed by atoms with Gasteiger partial charge < -0.3 is 15.0 Å². The Bertz CT molecular complexity index is 711. The summed E-state index contributed by atoms with van der Waals surface area (Å²) in [7, 11) is 1.75. The topological polar surface area (TPSA) is 44.8 Å². The van der Waals surface area contributed by atoms with Crippen LogP contribution < -0.4 is 15.0 Å². The molecule has 1 saturated carbocycles. The maximum Gasteiger partial charge on any atom is 0.223 e. The van der Waals surface area contributed by atoms with Gasteiger partial charge in [0.05, 0.1) is 12.8 Å². The number of amides is 1. The number of nitrogens with zero attached hydrogens (tertiary/aromatic N) is 2. The average molecular weight is 412 g/mol. The number of hydrogen-bond donors (Lipinski definition) is 1. The summed E-state index contributed by atoms with van der Waals surface area (Å²) in [5.41, 5.74) is 1.22. The normalized spacial score (nSPS) is 25.4. The highest BCUT2D eigenvalue weighted by Crippen LogP contribution is 2.30. The van der Waals surface area contributed by atoms with E-state index in [0.29, 0.717) is 6.04 Å². The zero-order valence-corrected chi connectivity index (χ0v) is 18.4. The monoisotopic (exact) mass is 411 g/mol. The van der Waals surface area contributed by atoms with Gasteiger partial charge in [0.25, 0.3) is 0 Å². The highest BCUT2D eigenvalue weighted by Gasteiger charge is 2.26. The number of para-hydroxylation sites is 2. The van der Waals surface area contributed by atoms with Gasteiger partial charge in [-0.25, -0.2) is 0 Å². The average Bonchev–Trinajstić information content (AvgIpc) is 3.34. The van der Waals surface area contributed by atoms with Crippen LogP contribution in [0, 0.1) is 11.8 Å². The van der Waals surface area contributed by atoms with Gasteiger partial charge in [0, 0.05) is 38.1 Å². The first kappa shape index (κ1) is 21.2. The molecule has 1 amide bonds. The number of hydrogen-bond acceptors (Lipinski definition) is 4. The van der Waals surface area contributed by atoms with E-state index in [9.17, 15) is 4.79 Å². The molecular formula is C25H37N3O2. The molecule has 3 aliphatic rings. The molecule has 5 heteroatoms. The predicted molar refractivity (Wildman–Crippen MR) is 122 cm³/mol. The number of methoxy groups -OCH3 is 1. The lowest BCUT2D eigenvalue weighted by Gasteiger charge is -2.37. The van der Waals surface area contributed by atoms with E-state index in [1.54, 1.807) is 7.11 Å². The van der Waals surface area contributed by atoms with Crippen LogP contribution in [0.1, 0.15) is 44.9 Å². The predicted octanol–water partition coefficient (Wildman–Crippen LogP) is 3.85. The number of nitrogens with one attached hydrogen (secondary N) is 1. The van der Waals surface area contributed by atoms with Crippen LogP contribution in [0.5, 0.6) is 5.75 Å². The van der Waals surface area contributed by atoms with Gasteiger partial charge in [-0.1, -0.05) is 24.3 Å². The largest absolute Gasteiger partial charge is 0.495 e. The number of ether oxygens (including phenoxy) is 1. The molecule has 1 N–H and O–H groups in total. The zero-order valence-electron chi connectivity index (χ0n) is 18.4. The summed E-state index contributed by atoms with van der Waals surface area (Å²) < 4.78 is 5.53. The van der Waals surface area contributed by atoms with Crippen LogP contribution in [-0.4, -0.2) is 56.7 Å². The van der Waals surface area contributed by atoms with Crippen molar-refractivity contribution in [3.63, 3.8) is 0 Å². The summed E-state index contributed by atoms with van der Waals surface area (Å²) in [5.74, 6) is 2.26. The standard InChI is InChI=1S/C25H37N3O2/c1-30-24-9-5-4-8-23(24)28-18-16-27(17-19-28)15-14-20-10-12-22(13-11-20)26-25(29)21-6-2-3-7-21/h2-5,8-9,20-22H,6-7,10-19H2,1H3,(H,26,29). The maximum absolute atomic E-state index is 12.3. The Labute approximate surface area is 181 Å². The number of anilines is 1. The van der Waals surface area contributed by atoms with E-state index in [4.69, 9.17) is 4.74 Å². The molecule has 1 aromatic carbocycles. The molecule has 5 nitrogen and oxygen atoms in total. The minimum Gasteiger partial charge on any atom is -0.495 e. The van der Waals surface area contributed by atoms with Crippen molar-refractivity contribution in [3.05, 3.63) is 36.4 Å². The number of piperazine rings is 1. The van der Waals surface area contributed by atoms with Crippen molar-refractivity contribution in [2.45, 2.75) is 51.0 Å². The van der Waals surface area contributed by atoms with Gasteiger partial charge in [-0.15, -0.1) is 0 Å². The molecule has 1 saturated heterocycles. The summed E-state index contributed by atoms with van der Waals surface area (Å²) >= 11 is 0. The molecule has 2 fully saturated rings. The molecule has 0 aromatic heterocycles. The summed E-state index contributed by atoms with van der Waals surface area (Å²) in [6.07, 6.45) is 12.2. The number of benzene rings is 1. The first-order valence-corrected chi connectivity index (χ1v) is 11.8. The Balaban J connectivity index is 1.13. The van der Waals surface area contributed by atoms with Gasteiger partial charge in [-0.3, -0.25) is 9.69 Å².